The van der Waals surface area contributed by atoms with Crippen LogP contribution in [0.2, 0.25) is 0 Å². The number of ether oxygens (including phenoxy) is 1. The highest BCUT2D eigenvalue weighted by Gasteiger charge is 2.24. The van der Waals surface area contributed by atoms with Gasteiger partial charge in [-0.3, -0.25) is 0 Å². The van der Waals surface area contributed by atoms with Crippen LogP contribution in [0.4, 0.5) is 11.4 Å². The van der Waals surface area contributed by atoms with Gasteiger partial charge in [0.05, 0.1) is 23.0 Å². The van der Waals surface area contributed by atoms with Crippen LogP contribution in [0.3, 0.4) is 0 Å². The Morgan fingerprint density at radius 1 is 1.50 bits per heavy atom. The monoisotopic (exact) mass is 285 g/mol. The van der Waals surface area contributed by atoms with Crippen LogP contribution < -0.4 is 21.3 Å². The Hall–Kier alpha value is -0.940. The lowest BCUT2D eigenvalue weighted by Crippen LogP contribution is -2.33. The minimum Gasteiger partial charge on any atom is -0.495 e. The van der Waals surface area contributed by atoms with E-state index >= 15 is 0 Å². The zero-order chi connectivity index (χ0) is 11.7. The molecule has 88 valence electrons. The van der Waals surface area contributed by atoms with Gasteiger partial charge in [-0.1, -0.05) is 0 Å². The molecule has 1 aromatic carbocycles. The van der Waals surface area contributed by atoms with Crippen molar-refractivity contribution in [3.05, 3.63) is 16.6 Å². The maximum atomic E-state index is 6.01. The van der Waals surface area contributed by atoms with Crippen LogP contribution in [-0.2, 0) is 0 Å². The summed E-state index contributed by atoms with van der Waals surface area (Å²) in [6, 6.07) is 3.75. The lowest BCUT2D eigenvalue weighted by molar-refractivity contribution is 0.412. The molecule has 0 saturated heterocycles. The fourth-order valence-corrected chi connectivity index (χ4v) is 2.14. The van der Waals surface area contributed by atoms with Gasteiger partial charge in [-0.05, 0) is 46.8 Å². The van der Waals surface area contributed by atoms with Gasteiger partial charge in [-0.25, -0.2) is 5.84 Å². The first-order valence-electron chi connectivity index (χ1n) is 5.27. The molecule has 0 radical (unpaired) electrons. The van der Waals surface area contributed by atoms with E-state index in [-0.39, 0.29) is 0 Å². The number of nitrogens with two attached hydrogens (primary N) is 2. The van der Waals surface area contributed by atoms with Crippen molar-refractivity contribution in [1.82, 2.24) is 0 Å². The van der Waals surface area contributed by atoms with E-state index in [9.17, 15) is 0 Å². The van der Waals surface area contributed by atoms with E-state index in [0.717, 1.165) is 28.4 Å². The molecule has 5 heteroatoms. The lowest BCUT2D eigenvalue weighted by atomic mass is 10.2. The molecule has 2 rings (SSSR count). The third-order valence-corrected chi connectivity index (χ3v) is 3.62. The summed E-state index contributed by atoms with van der Waals surface area (Å²) in [6.07, 6.45) is 2.54. The quantitative estimate of drug-likeness (QED) is 0.505. The number of anilines is 2. The van der Waals surface area contributed by atoms with E-state index in [1.807, 2.05) is 12.1 Å². The van der Waals surface area contributed by atoms with E-state index in [0.29, 0.717) is 5.69 Å². The van der Waals surface area contributed by atoms with Crippen LogP contribution in [0.15, 0.2) is 16.6 Å². The van der Waals surface area contributed by atoms with E-state index in [4.69, 9.17) is 16.3 Å². The summed E-state index contributed by atoms with van der Waals surface area (Å²) in [6.45, 7) is 0.864. The minimum absolute atomic E-state index is 0.627. The van der Waals surface area contributed by atoms with Crippen molar-refractivity contribution in [2.24, 2.45) is 11.8 Å². The standard InChI is InChI=1S/C11H16BrN3O/c1-16-9-5-4-8(11(13)10(9)12)15(14)6-7-2-3-7/h4-5,7H,2-3,6,13-14H2,1H3. The molecule has 4 nitrogen and oxygen atoms in total. The molecular formula is C11H16BrN3O. The fourth-order valence-electron chi connectivity index (χ4n) is 1.65. The molecule has 0 spiro atoms. The molecule has 0 aliphatic heterocycles. The average molecular weight is 286 g/mol. The van der Waals surface area contributed by atoms with Gasteiger partial charge in [0.1, 0.15) is 5.75 Å². The van der Waals surface area contributed by atoms with Gasteiger partial charge >= 0.3 is 0 Å². The molecule has 16 heavy (non-hydrogen) atoms. The zero-order valence-electron chi connectivity index (χ0n) is 9.24. The highest BCUT2D eigenvalue weighted by Crippen LogP contribution is 2.38. The Labute approximate surface area is 104 Å². The van der Waals surface area contributed by atoms with Gasteiger partial charge in [-0.15, -0.1) is 0 Å². The number of hydrogen-bond donors (Lipinski definition) is 2. The summed E-state index contributed by atoms with van der Waals surface area (Å²) in [7, 11) is 1.61. The number of nitrogen functional groups attached to an aromatic ring is 1. The lowest BCUT2D eigenvalue weighted by Gasteiger charge is -2.21. The van der Waals surface area contributed by atoms with Gasteiger partial charge in [0.2, 0.25) is 0 Å². The number of methoxy groups -OCH3 is 1. The topological polar surface area (TPSA) is 64.5 Å². The molecule has 1 saturated carbocycles. The summed E-state index contributed by atoms with van der Waals surface area (Å²) in [5.74, 6) is 7.44. The molecule has 1 aliphatic rings. The maximum Gasteiger partial charge on any atom is 0.135 e. The Morgan fingerprint density at radius 2 is 2.19 bits per heavy atom. The van der Waals surface area contributed by atoms with Crippen LogP contribution in [0.1, 0.15) is 12.8 Å². The number of rotatable bonds is 4. The summed E-state index contributed by atoms with van der Waals surface area (Å²) in [5, 5.41) is 1.72. The molecule has 0 unspecified atom stereocenters. The van der Waals surface area contributed by atoms with E-state index in [2.05, 4.69) is 15.9 Å². The molecule has 1 fully saturated rings. The molecule has 0 atom stereocenters. The van der Waals surface area contributed by atoms with E-state index in [1.54, 1.807) is 12.1 Å². The molecule has 0 amide bonds. The Balaban J connectivity index is 2.22. The van der Waals surface area contributed by atoms with Crippen LogP contribution in [0.25, 0.3) is 0 Å². The van der Waals surface area contributed by atoms with Crippen molar-refractivity contribution in [2.45, 2.75) is 12.8 Å². The molecule has 0 aromatic heterocycles. The number of hydrazine groups is 1. The summed E-state index contributed by atoms with van der Waals surface area (Å²) >= 11 is 3.41. The predicted molar refractivity (Wildman–Crippen MR) is 69.4 cm³/mol. The molecular weight excluding hydrogens is 270 g/mol. The summed E-state index contributed by atoms with van der Waals surface area (Å²) in [5.41, 5.74) is 7.48. The van der Waals surface area contributed by atoms with Gasteiger partial charge in [0.25, 0.3) is 0 Å². The average Bonchev–Trinajstić information content (AvgIpc) is 3.05. The first-order valence-corrected chi connectivity index (χ1v) is 6.07. The Morgan fingerprint density at radius 3 is 2.75 bits per heavy atom. The Bertz CT molecular complexity index is 393. The summed E-state index contributed by atoms with van der Waals surface area (Å²) in [4.78, 5) is 0. The van der Waals surface area contributed by atoms with Crippen LogP contribution in [0, 0.1) is 5.92 Å². The number of halogens is 1. The second-order valence-electron chi connectivity index (χ2n) is 4.11. The van der Waals surface area contributed by atoms with Crippen LogP contribution >= 0.6 is 15.9 Å². The molecule has 0 bridgehead atoms. The van der Waals surface area contributed by atoms with Crippen molar-refractivity contribution in [2.75, 3.05) is 24.4 Å². The van der Waals surface area contributed by atoms with Gasteiger partial charge < -0.3 is 15.5 Å². The van der Waals surface area contributed by atoms with Crippen LogP contribution in [0.5, 0.6) is 5.75 Å². The second-order valence-corrected chi connectivity index (χ2v) is 4.90. The van der Waals surface area contributed by atoms with Crippen molar-refractivity contribution in [3.8, 4) is 5.75 Å². The van der Waals surface area contributed by atoms with Gasteiger partial charge in [0.15, 0.2) is 0 Å². The highest BCUT2D eigenvalue weighted by atomic mass is 79.9. The first kappa shape index (κ1) is 11.5. The largest absolute Gasteiger partial charge is 0.495 e. The van der Waals surface area contributed by atoms with Gasteiger partial charge in [0, 0.05) is 6.54 Å². The predicted octanol–water partition coefficient (Wildman–Crippen LogP) is 2.13. The molecule has 0 heterocycles. The van der Waals surface area contributed by atoms with Crippen molar-refractivity contribution < 1.29 is 4.74 Å². The van der Waals surface area contributed by atoms with Crippen molar-refractivity contribution in [1.29, 1.82) is 0 Å². The third kappa shape index (κ3) is 2.25. The normalized spacial score (nSPS) is 14.9. The van der Waals surface area contributed by atoms with E-state index in [1.165, 1.54) is 12.8 Å². The summed E-state index contributed by atoms with van der Waals surface area (Å²) < 4.78 is 5.93. The fraction of sp³-hybridized carbons (Fsp3) is 0.455. The maximum absolute atomic E-state index is 6.01. The number of benzene rings is 1. The second kappa shape index (κ2) is 4.51. The van der Waals surface area contributed by atoms with Gasteiger partial charge in [-0.2, -0.15) is 0 Å². The zero-order valence-corrected chi connectivity index (χ0v) is 10.8. The van der Waals surface area contributed by atoms with Crippen LogP contribution in [-0.4, -0.2) is 13.7 Å². The highest BCUT2D eigenvalue weighted by molar-refractivity contribution is 9.10. The number of hydrogen-bond acceptors (Lipinski definition) is 4. The van der Waals surface area contributed by atoms with Crippen molar-refractivity contribution >= 4 is 27.3 Å². The first-order chi connectivity index (χ1) is 7.63. The molecule has 1 aliphatic carbocycles. The number of nitrogens with zero attached hydrogens (tertiary/aromatic N) is 1. The minimum atomic E-state index is 0.627. The molecule has 1 aromatic rings. The third-order valence-electron chi connectivity index (χ3n) is 2.80. The van der Waals surface area contributed by atoms with Crippen molar-refractivity contribution in [3.63, 3.8) is 0 Å². The smallest absolute Gasteiger partial charge is 0.135 e. The SMILES string of the molecule is COc1ccc(N(N)CC2CC2)c(N)c1Br. The molecule has 4 N–H and O–H groups in total. The van der Waals surface area contributed by atoms with E-state index < -0.39 is 0 Å². The Kier molecular flexibility index (Phi) is 3.25.